The summed E-state index contributed by atoms with van der Waals surface area (Å²) in [5.74, 6) is 0. The molecule has 0 aliphatic rings. The molecule has 402 valence electrons. The van der Waals surface area contributed by atoms with Crippen LogP contribution in [0.2, 0.25) is 0 Å². The van der Waals surface area contributed by atoms with Gasteiger partial charge in [0, 0.05) is 71.3 Å². The molecular formula is C78H56N2O4. The van der Waals surface area contributed by atoms with Gasteiger partial charge in [-0.2, -0.15) is 0 Å². The molecule has 0 N–H and O–H groups in total. The third-order valence-electron chi connectivity index (χ3n) is 17.6. The van der Waals surface area contributed by atoms with Crippen molar-refractivity contribution >= 4 is 165 Å². The number of anilines is 6. The fourth-order valence-electron chi connectivity index (χ4n) is 13.6. The standard InChI is InChI=1S/C78H56N2O4/c1-77(2,3)63-35-31-45-17-7-9-19-53(45)73(63)79(65-25-15-23-57-55-21-11-13-27-67(55)83-75(57)65)51-33-29-47-39-59-61-43-62-60-40-48-30-34-52(38-50(48)42-70(60)82-72(62)44-71(61)81-69(59)41-49(47)37-51)80(66-26-16-24-58-56-22-12-14-28-68(56)84-76(58)66)74-54-20-10-8-18-46(54)32-36-64(74)78(4,5)6/h7-44H,1-6H3. The second-order valence-corrected chi connectivity index (χ2v) is 24.8. The minimum atomic E-state index is -0.178. The van der Waals surface area contributed by atoms with Crippen LogP contribution in [0.3, 0.4) is 0 Å². The summed E-state index contributed by atoms with van der Waals surface area (Å²) in [4.78, 5) is 4.85. The highest BCUT2D eigenvalue weighted by Crippen LogP contribution is 2.52. The van der Waals surface area contributed by atoms with Crippen LogP contribution in [0, 0.1) is 0 Å². The van der Waals surface area contributed by atoms with Gasteiger partial charge in [0.15, 0.2) is 11.2 Å². The van der Waals surface area contributed by atoms with Crippen molar-refractivity contribution in [1.82, 2.24) is 0 Å². The Bertz CT molecular complexity index is 5270. The van der Waals surface area contributed by atoms with E-state index in [1.54, 1.807) is 0 Å². The average Bonchev–Trinajstić information content (AvgIpc) is 1.60. The summed E-state index contributed by atoms with van der Waals surface area (Å²) >= 11 is 0. The molecule has 6 nitrogen and oxygen atoms in total. The number of fused-ring (bicyclic) bond motifs is 16. The van der Waals surface area contributed by atoms with Gasteiger partial charge in [0.1, 0.15) is 33.5 Å². The van der Waals surface area contributed by atoms with Crippen LogP contribution >= 0.6 is 0 Å². The molecule has 0 bridgehead atoms. The quantitative estimate of drug-likeness (QED) is 0.165. The van der Waals surface area contributed by atoms with Crippen LogP contribution in [0.25, 0.3) is 131 Å². The maximum absolute atomic E-state index is 6.86. The van der Waals surface area contributed by atoms with E-state index >= 15 is 0 Å². The minimum absolute atomic E-state index is 0.178. The minimum Gasteiger partial charge on any atom is -0.456 e. The highest BCUT2D eigenvalue weighted by atomic mass is 16.3. The zero-order valence-corrected chi connectivity index (χ0v) is 47.5. The Kier molecular flexibility index (Phi) is 10.1. The number of hydrogen-bond donors (Lipinski definition) is 0. The van der Waals surface area contributed by atoms with Gasteiger partial charge in [-0.25, -0.2) is 0 Å². The van der Waals surface area contributed by atoms with Crippen molar-refractivity contribution in [1.29, 1.82) is 0 Å². The van der Waals surface area contributed by atoms with Gasteiger partial charge in [-0.05, 0) is 133 Å². The molecule has 0 spiro atoms. The van der Waals surface area contributed by atoms with Crippen molar-refractivity contribution in [3.63, 3.8) is 0 Å². The van der Waals surface area contributed by atoms with E-state index in [1.807, 2.05) is 12.1 Å². The van der Waals surface area contributed by atoms with Crippen LogP contribution in [0.5, 0.6) is 0 Å². The van der Waals surface area contributed by atoms with Gasteiger partial charge in [-0.3, -0.25) is 0 Å². The molecule has 17 aromatic rings. The SMILES string of the molecule is CC(C)(C)c1ccc2ccccc2c1N(c1ccc2cc3c(cc2c1)oc1cc2oc4cc5cc(N(c6c(C(C)(C)C)ccc7ccccc67)c6cccc7c6oc6ccccc67)ccc5cc4c2cc13)c1cccc2c1oc1ccccc12. The third kappa shape index (κ3) is 7.29. The first-order valence-corrected chi connectivity index (χ1v) is 29.0. The highest BCUT2D eigenvalue weighted by Gasteiger charge is 2.31. The van der Waals surface area contributed by atoms with E-state index in [1.165, 1.54) is 32.7 Å². The summed E-state index contributed by atoms with van der Waals surface area (Å²) in [7, 11) is 0. The average molecular weight is 1090 g/mol. The summed E-state index contributed by atoms with van der Waals surface area (Å²) in [5, 5.41) is 17.6. The summed E-state index contributed by atoms with van der Waals surface area (Å²) in [6, 6.07) is 83.2. The number of hydrogen-bond acceptors (Lipinski definition) is 6. The topological polar surface area (TPSA) is 59.0 Å². The molecule has 0 aliphatic carbocycles. The van der Waals surface area contributed by atoms with Gasteiger partial charge in [0.25, 0.3) is 0 Å². The first-order chi connectivity index (χ1) is 40.9. The van der Waals surface area contributed by atoms with Gasteiger partial charge in [-0.1, -0.05) is 187 Å². The van der Waals surface area contributed by atoms with Gasteiger partial charge in [-0.15, -0.1) is 0 Å². The molecular weight excluding hydrogens is 1030 g/mol. The molecule has 4 heterocycles. The lowest BCUT2D eigenvalue weighted by Crippen LogP contribution is -2.19. The van der Waals surface area contributed by atoms with Crippen molar-refractivity contribution in [2.24, 2.45) is 0 Å². The van der Waals surface area contributed by atoms with E-state index < -0.39 is 0 Å². The Morgan fingerprint density at radius 1 is 0.250 bits per heavy atom. The Morgan fingerprint density at radius 3 is 1.08 bits per heavy atom. The van der Waals surface area contributed by atoms with Crippen molar-refractivity contribution in [3.8, 4) is 0 Å². The second-order valence-electron chi connectivity index (χ2n) is 24.8. The first kappa shape index (κ1) is 48.4. The maximum Gasteiger partial charge on any atom is 0.159 e. The molecule has 17 rings (SSSR count). The smallest absolute Gasteiger partial charge is 0.159 e. The van der Waals surface area contributed by atoms with E-state index in [4.69, 9.17) is 17.7 Å². The van der Waals surface area contributed by atoms with Crippen LogP contribution in [0.1, 0.15) is 52.7 Å². The Morgan fingerprint density at radius 2 is 0.631 bits per heavy atom. The van der Waals surface area contributed by atoms with E-state index in [9.17, 15) is 0 Å². The summed E-state index contributed by atoms with van der Waals surface area (Å²) < 4.78 is 27.4. The molecule has 6 heteroatoms. The van der Waals surface area contributed by atoms with E-state index in [0.717, 1.165) is 143 Å². The van der Waals surface area contributed by atoms with E-state index in [0.29, 0.717) is 0 Å². The number of nitrogens with zero attached hydrogens (tertiary/aromatic N) is 2. The first-order valence-electron chi connectivity index (χ1n) is 29.0. The van der Waals surface area contributed by atoms with Crippen LogP contribution in [0.4, 0.5) is 34.1 Å². The lowest BCUT2D eigenvalue weighted by Gasteiger charge is -2.33. The monoisotopic (exact) mass is 1080 g/mol. The van der Waals surface area contributed by atoms with Crippen LogP contribution in [-0.4, -0.2) is 0 Å². The number of benzene rings is 13. The van der Waals surface area contributed by atoms with Crippen molar-refractivity contribution < 1.29 is 17.7 Å². The number of furan rings is 4. The number of para-hydroxylation sites is 4. The van der Waals surface area contributed by atoms with Crippen molar-refractivity contribution in [3.05, 3.63) is 242 Å². The molecule has 4 aromatic heterocycles. The van der Waals surface area contributed by atoms with Crippen LogP contribution in [0.15, 0.2) is 248 Å². The summed E-state index contributed by atoms with van der Waals surface area (Å²) in [5.41, 5.74) is 15.0. The molecule has 0 saturated heterocycles. The lowest BCUT2D eigenvalue weighted by molar-refractivity contribution is 0.591. The summed E-state index contributed by atoms with van der Waals surface area (Å²) in [6.45, 7) is 13.8. The Labute approximate surface area is 483 Å². The highest BCUT2D eigenvalue weighted by molar-refractivity contribution is 6.20. The predicted octanol–water partition coefficient (Wildman–Crippen LogP) is 23.4. The molecule has 0 radical (unpaired) electrons. The number of rotatable bonds is 6. The summed E-state index contributed by atoms with van der Waals surface area (Å²) in [6.07, 6.45) is 0. The van der Waals surface area contributed by atoms with Gasteiger partial charge in [0.05, 0.1) is 22.7 Å². The van der Waals surface area contributed by atoms with Crippen LogP contribution in [-0.2, 0) is 10.8 Å². The lowest BCUT2D eigenvalue weighted by atomic mass is 9.83. The van der Waals surface area contributed by atoms with Gasteiger partial charge < -0.3 is 27.5 Å². The van der Waals surface area contributed by atoms with Crippen molar-refractivity contribution in [2.45, 2.75) is 52.4 Å². The van der Waals surface area contributed by atoms with Gasteiger partial charge >= 0.3 is 0 Å². The second kappa shape index (κ2) is 17.6. The molecule has 13 aromatic carbocycles. The molecule has 0 fully saturated rings. The fraction of sp³-hybridized carbons (Fsp3) is 0.103. The van der Waals surface area contributed by atoms with Crippen molar-refractivity contribution in [2.75, 3.05) is 9.80 Å². The van der Waals surface area contributed by atoms with E-state index in [2.05, 4.69) is 270 Å². The predicted molar refractivity (Wildman–Crippen MR) is 352 cm³/mol. The van der Waals surface area contributed by atoms with Crippen LogP contribution < -0.4 is 9.80 Å². The Balaban J connectivity index is 0.812. The molecule has 0 saturated carbocycles. The third-order valence-corrected chi connectivity index (χ3v) is 17.6. The zero-order chi connectivity index (χ0) is 56.3. The molecule has 0 unspecified atom stereocenters. The fourth-order valence-corrected chi connectivity index (χ4v) is 13.6. The normalized spacial score (nSPS) is 12.6. The molecule has 0 aliphatic heterocycles. The molecule has 84 heavy (non-hydrogen) atoms. The van der Waals surface area contributed by atoms with Gasteiger partial charge in [0.2, 0.25) is 0 Å². The maximum atomic E-state index is 6.86. The molecule has 0 amide bonds. The van der Waals surface area contributed by atoms with E-state index in [-0.39, 0.29) is 10.8 Å². The molecule has 0 atom stereocenters. The zero-order valence-electron chi connectivity index (χ0n) is 47.5. The largest absolute Gasteiger partial charge is 0.456 e. The Hall–Kier alpha value is -10.3.